The minimum Gasteiger partial charge on any atom is -0.497 e. The summed E-state index contributed by atoms with van der Waals surface area (Å²) >= 11 is 3.49. The van der Waals surface area contributed by atoms with E-state index in [9.17, 15) is 0 Å². The molecule has 2 heterocycles. The van der Waals surface area contributed by atoms with E-state index in [2.05, 4.69) is 43.1 Å². The number of nitrogens with one attached hydrogen (secondary N) is 1. The van der Waals surface area contributed by atoms with Gasteiger partial charge in [-0.1, -0.05) is 12.1 Å². The number of imidazole rings is 1. The lowest BCUT2D eigenvalue weighted by molar-refractivity contribution is 0.414. The molecule has 0 saturated carbocycles. The van der Waals surface area contributed by atoms with Gasteiger partial charge in [-0.05, 0) is 47.0 Å². The van der Waals surface area contributed by atoms with E-state index in [0.717, 1.165) is 34.7 Å². The van der Waals surface area contributed by atoms with Crippen LogP contribution >= 0.6 is 15.9 Å². The largest absolute Gasteiger partial charge is 0.497 e. The third-order valence-electron chi connectivity index (χ3n) is 3.25. The van der Waals surface area contributed by atoms with Crippen molar-refractivity contribution in [1.29, 1.82) is 0 Å². The molecule has 5 nitrogen and oxygen atoms in total. The van der Waals surface area contributed by atoms with Crippen molar-refractivity contribution in [3.05, 3.63) is 46.0 Å². The van der Waals surface area contributed by atoms with E-state index in [0.29, 0.717) is 5.78 Å². The van der Waals surface area contributed by atoms with Crippen molar-refractivity contribution in [2.75, 3.05) is 7.11 Å². The summed E-state index contributed by atoms with van der Waals surface area (Å²) in [4.78, 5) is 8.85. The number of hydrogen-bond donors (Lipinski definition) is 1. The summed E-state index contributed by atoms with van der Waals surface area (Å²) < 4.78 is 7.94. The van der Waals surface area contributed by atoms with Crippen molar-refractivity contribution in [1.82, 2.24) is 19.6 Å². The van der Waals surface area contributed by atoms with Gasteiger partial charge in [0.2, 0.25) is 0 Å². The lowest BCUT2D eigenvalue weighted by atomic mass is 10.1. The van der Waals surface area contributed by atoms with Crippen LogP contribution < -0.4 is 4.74 Å². The van der Waals surface area contributed by atoms with Gasteiger partial charge >= 0.3 is 0 Å². The number of aromatic nitrogens is 4. The average molecular weight is 335 g/mol. The number of halogens is 1. The highest BCUT2D eigenvalue weighted by Crippen LogP contribution is 2.17. The Morgan fingerprint density at radius 2 is 1.95 bits per heavy atom. The summed E-state index contributed by atoms with van der Waals surface area (Å²) in [5, 5.41) is 3.25. The zero-order valence-electron chi connectivity index (χ0n) is 11.4. The molecule has 1 aromatic carbocycles. The molecule has 0 aliphatic heterocycles. The molecule has 0 bridgehead atoms. The highest BCUT2D eigenvalue weighted by atomic mass is 79.9. The van der Waals surface area contributed by atoms with Crippen LogP contribution in [-0.4, -0.2) is 26.7 Å². The quantitative estimate of drug-likeness (QED) is 0.798. The van der Waals surface area contributed by atoms with Crippen LogP contribution in [0.5, 0.6) is 5.75 Å². The van der Waals surface area contributed by atoms with E-state index in [1.165, 1.54) is 5.56 Å². The summed E-state index contributed by atoms with van der Waals surface area (Å²) in [5.41, 5.74) is 2.19. The fraction of sp³-hybridized carbons (Fsp3) is 0.286. The molecule has 20 heavy (non-hydrogen) atoms. The van der Waals surface area contributed by atoms with Crippen LogP contribution in [0.2, 0.25) is 0 Å². The van der Waals surface area contributed by atoms with E-state index < -0.39 is 0 Å². The van der Waals surface area contributed by atoms with Gasteiger partial charge in [0.15, 0.2) is 0 Å². The molecule has 0 spiro atoms. The van der Waals surface area contributed by atoms with Crippen molar-refractivity contribution in [2.45, 2.75) is 19.8 Å². The standard InChI is InChI=1S/C14H15BrN4O/c1-9-13(15)19-14(16-9)17-12(18-19)8-5-10-3-6-11(20-2)7-4-10/h3-4,6-7H,5,8H2,1-2H3,(H,16,17,18). The predicted octanol–water partition coefficient (Wildman–Crippen LogP) is 2.92. The highest BCUT2D eigenvalue weighted by Gasteiger charge is 2.10. The predicted molar refractivity (Wildman–Crippen MR) is 80.2 cm³/mol. The van der Waals surface area contributed by atoms with Crippen molar-refractivity contribution in [3.63, 3.8) is 0 Å². The molecule has 0 radical (unpaired) electrons. The summed E-state index contributed by atoms with van der Waals surface area (Å²) in [6, 6.07) is 8.11. The molecule has 3 aromatic rings. The first-order valence-electron chi connectivity index (χ1n) is 6.40. The lowest BCUT2D eigenvalue weighted by Crippen LogP contribution is -1.95. The molecule has 0 unspecified atom stereocenters. The third kappa shape index (κ3) is 2.43. The van der Waals surface area contributed by atoms with Gasteiger partial charge in [-0.25, -0.2) is 9.50 Å². The van der Waals surface area contributed by atoms with Crippen LogP contribution in [0.3, 0.4) is 0 Å². The molecule has 3 rings (SSSR count). The molecule has 0 fully saturated rings. The molecular formula is C14H15BrN4O. The van der Waals surface area contributed by atoms with Gasteiger partial charge in [0.05, 0.1) is 12.8 Å². The monoisotopic (exact) mass is 334 g/mol. The number of H-pyrrole nitrogens is 1. The van der Waals surface area contributed by atoms with Gasteiger partial charge in [-0.3, -0.25) is 5.10 Å². The number of rotatable bonds is 4. The second-order valence-electron chi connectivity index (χ2n) is 4.64. The molecule has 0 amide bonds. The molecule has 104 valence electrons. The van der Waals surface area contributed by atoms with Crippen LogP contribution in [0.25, 0.3) is 5.78 Å². The average Bonchev–Trinajstić information content (AvgIpc) is 2.97. The van der Waals surface area contributed by atoms with E-state index in [-0.39, 0.29) is 0 Å². The van der Waals surface area contributed by atoms with Gasteiger partial charge in [-0.15, -0.1) is 0 Å². The number of aryl methyl sites for hydroxylation is 3. The molecule has 0 aliphatic carbocycles. The van der Waals surface area contributed by atoms with Crippen molar-refractivity contribution < 1.29 is 4.74 Å². The number of ether oxygens (including phenoxy) is 1. The minimum absolute atomic E-state index is 0.708. The Labute approximate surface area is 125 Å². The van der Waals surface area contributed by atoms with Gasteiger partial charge in [0, 0.05) is 6.42 Å². The molecular weight excluding hydrogens is 320 g/mol. The van der Waals surface area contributed by atoms with Crippen LogP contribution in [0.4, 0.5) is 0 Å². The first kappa shape index (κ1) is 13.2. The fourth-order valence-electron chi connectivity index (χ4n) is 2.11. The summed E-state index contributed by atoms with van der Waals surface area (Å²) in [6.07, 6.45) is 1.78. The zero-order chi connectivity index (χ0) is 14.1. The van der Waals surface area contributed by atoms with Crippen LogP contribution in [0.15, 0.2) is 28.9 Å². The minimum atomic E-state index is 0.708. The maximum atomic E-state index is 5.15. The maximum absolute atomic E-state index is 5.15. The second kappa shape index (κ2) is 5.28. The summed E-state index contributed by atoms with van der Waals surface area (Å²) in [7, 11) is 1.67. The van der Waals surface area contributed by atoms with Gasteiger partial charge < -0.3 is 4.74 Å². The Morgan fingerprint density at radius 3 is 2.60 bits per heavy atom. The van der Waals surface area contributed by atoms with Crippen LogP contribution in [0.1, 0.15) is 17.1 Å². The number of methoxy groups -OCH3 is 1. The normalized spacial score (nSPS) is 11.2. The lowest BCUT2D eigenvalue weighted by Gasteiger charge is -2.02. The number of hydrogen-bond acceptors (Lipinski definition) is 3. The fourth-order valence-corrected chi connectivity index (χ4v) is 2.45. The Bertz CT molecular complexity index is 730. The Morgan fingerprint density at radius 1 is 1.20 bits per heavy atom. The van der Waals surface area contributed by atoms with E-state index in [1.807, 2.05) is 23.6 Å². The number of aromatic amines is 1. The number of nitrogens with zero attached hydrogens (tertiary/aromatic N) is 3. The molecule has 1 N–H and O–H groups in total. The van der Waals surface area contributed by atoms with Gasteiger partial charge in [0.1, 0.15) is 16.2 Å². The van der Waals surface area contributed by atoms with Gasteiger partial charge in [0.25, 0.3) is 5.78 Å². The van der Waals surface area contributed by atoms with Crippen molar-refractivity contribution in [2.24, 2.45) is 0 Å². The van der Waals surface area contributed by atoms with E-state index in [1.54, 1.807) is 7.11 Å². The molecule has 0 aliphatic rings. The molecule has 0 saturated heterocycles. The SMILES string of the molecule is COc1ccc(CCc2nc3nc(C)c(Br)n3[nH]2)cc1. The zero-order valence-corrected chi connectivity index (χ0v) is 12.9. The molecule has 0 atom stereocenters. The van der Waals surface area contributed by atoms with Crippen molar-refractivity contribution >= 4 is 21.7 Å². The van der Waals surface area contributed by atoms with Crippen LogP contribution in [-0.2, 0) is 12.8 Å². The molecule has 6 heteroatoms. The third-order valence-corrected chi connectivity index (χ3v) is 4.18. The number of fused-ring (bicyclic) bond motifs is 1. The maximum Gasteiger partial charge on any atom is 0.251 e. The van der Waals surface area contributed by atoms with Crippen LogP contribution in [0, 0.1) is 6.92 Å². The molecule has 2 aromatic heterocycles. The highest BCUT2D eigenvalue weighted by molar-refractivity contribution is 9.10. The Kier molecular flexibility index (Phi) is 3.48. The smallest absolute Gasteiger partial charge is 0.251 e. The summed E-state index contributed by atoms with van der Waals surface area (Å²) in [5.74, 6) is 2.52. The first-order valence-corrected chi connectivity index (χ1v) is 7.19. The van der Waals surface area contributed by atoms with E-state index in [4.69, 9.17) is 4.74 Å². The summed E-state index contributed by atoms with van der Waals surface area (Å²) in [6.45, 7) is 1.95. The Hall–Kier alpha value is -1.82. The van der Waals surface area contributed by atoms with Crippen molar-refractivity contribution in [3.8, 4) is 5.75 Å². The van der Waals surface area contributed by atoms with Gasteiger partial charge in [-0.2, -0.15) is 4.98 Å². The van der Waals surface area contributed by atoms with E-state index >= 15 is 0 Å². The number of benzene rings is 1. The second-order valence-corrected chi connectivity index (χ2v) is 5.39. The topological polar surface area (TPSA) is 55.2 Å². The first-order chi connectivity index (χ1) is 9.67. The Balaban J connectivity index is 1.72.